The molecule has 4 saturated carbocycles. The minimum atomic E-state index is -0.840. The Labute approximate surface area is 242 Å². The maximum absolute atomic E-state index is 12.2. The lowest BCUT2D eigenvalue weighted by Gasteiger charge is -2.62. The van der Waals surface area contributed by atoms with Gasteiger partial charge in [0.15, 0.2) is 0 Å². The summed E-state index contributed by atoms with van der Waals surface area (Å²) in [6.07, 6.45) is 20.2. The highest BCUT2D eigenvalue weighted by Crippen LogP contribution is 2.65. The second kappa shape index (κ2) is 12.6. The maximum Gasteiger partial charge on any atom is 0.334 e. The molecule has 6 heteroatoms. The fourth-order valence-electron chi connectivity index (χ4n) is 9.37. The van der Waals surface area contributed by atoms with Gasteiger partial charge < -0.3 is 24.1 Å². The number of hydrogen-bond donors (Lipinski definition) is 1. The Balaban J connectivity index is 1.14. The molecule has 4 atom stereocenters. The molecule has 2 heterocycles. The summed E-state index contributed by atoms with van der Waals surface area (Å²) in [5, 5.41) is 10.0. The van der Waals surface area contributed by atoms with Crippen LogP contribution in [0.2, 0.25) is 0 Å². The van der Waals surface area contributed by atoms with Crippen molar-refractivity contribution in [2.75, 3.05) is 26.4 Å². The first kappa shape index (κ1) is 30.4. The van der Waals surface area contributed by atoms with Crippen LogP contribution in [0.25, 0.3) is 0 Å². The van der Waals surface area contributed by atoms with Crippen LogP contribution in [0.3, 0.4) is 0 Å². The van der Waals surface area contributed by atoms with Crippen molar-refractivity contribution in [1.82, 2.24) is 0 Å². The summed E-state index contributed by atoms with van der Waals surface area (Å²) in [5.74, 6) is 1.18. The Hall–Kier alpha value is -1.11. The molecule has 0 aromatic carbocycles. The van der Waals surface area contributed by atoms with Crippen molar-refractivity contribution in [1.29, 1.82) is 0 Å². The molecule has 4 bridgehead atoms. The molecule has 0 radical (unpaired) electrons. The summed E-state index contributed by atoms with van der Waals surface area (Å²) in [5.41, 5.74) is 0.431. The van der Waals surface area contributed by atoms with Crippen LogP contribution in [-0.2, 0) is 23.7 Å². The lowest BCUT2D eigenvalue weighted by molar-refractivity contribution is -0.193. The van der Waals surface area contributed by atoms with E-state index in [4.69, 9.17) is 18.9 Å². The predicted molar refractivity (Wildman–Crippen MR) is 156 cm³/mol. The highest BCUT2D eigenvalue weighted by atomic mass is 16.5. The number of unbranched alkanes of at least 4 members (excludes halogenated alkanes) is 4. The molecule has 6 fully saturated rings. The fraction of sp³-hybridized carbons (Fsp3) is 0.912. The average Bonchev–Trinajstić information content (AvgIpc) is 2.87. The minimum Gasteiger partial charge on any atom is -0.497 e. The molecule has 6 nitrogen and oxygen atoms in total. The third-order valence-corrected chi connectivity index (χ3v) is 11.6. The summed E-state index contributed by atoms with van der Waals surface area (Å²) in [7, 11) is 0. The van der Waals surface area contributed by atoms with Gasteiger partial charge in [-0.05, 0) is 115 Å². The van der Waals surface area contributed by atoms with Gasteiger partial charge in [0.1, 0.15) is 5.76 Å². The summed E-state index contributed by atoms with van der Waals surface area (Å²) >= 11 is 0. The molecule has 0 amide bonds. The van der Waals surface area contributed by atoms with Crippen LogP contribution in [-0.4, -0.2) is 54.3 Å². The third-order valence-electron chi connectivity index (χ3n) is 11.6. The van der Waals surface area contributed by atoms with E-state index in [1.165, 1.54) is 38.5 Å². The molecule has 2 saturated heterocycles. The smallest absolute Gasteiger partial charge is 0.334 e. The van der Waals surface area contributed by atoms with Gasteiger partial charge in [-0.1, -0.05) is 33.1 Å². The largest absolute Gasteiger partial charge is 0.497 e. The topological polar surface area (TPSA) is 74.2 Å². The molecular weight excluding hydrogens is 504 g/mol. The first-order valence-electron chi connectivity index (χ1n) is 16.8. The number of allylic oxidation sites excluding steroid dienone is 1. The van der Waals surface area contributed by atoms with Gasteiger partial charge in [0.2, 0.25) is 0 Å². The second-order valence-corrected chi connectivity index (χ2v) is 14.3. The number of rotatable bonds is 18. The first-order chi connectivity index (χ1) is 19.3. The molecule has 6 rings (SSSR count). The molecule has 4 aliphatic carbocycles. The number of carbonyl (C=O) groups is 1. The van der Waals surface area contributed by atoms with Crippen LogP contribution in [0.1, 0.15) is 136 Å². The molecular formula is C34H56O6. The second-order valence-electron chi connectivity index (χ2n) is 14.3. The molecule has 228 valence electrons. The monoisotopic (exact) mass is 560 g/mol. The van der Waals surface area contributed by atoms with Crippen molar-refractivity contribution in [3.05, 3.63) is 11.3 Å². The molecule has 1 N–H and O–H groups in total. The molecule has 2 aliphatic heterocycles. The van der Waals surface area contributed by atoms with Crippen LogP contribution in [0.4, 0.5) is 0 Å². The molecule has 0 aromatic rings. The highest BCUT2D eigenvalue weighted by molar-refractivity contribution is 5.86. The number of carboxylic acid groups (broad SMARTS) is 1. The normalized spacial score (nSPS) is 38.5. The maximum atomic E-state index is 12.2. The van der Waals surface area contributed by atoms with Crippen LogP contribution >= 0.6 is 0 Å². The number of hydrogen-bond acceptors (Lipinski definition) is 5. The molecule has 0 aromatic heterocycles. The fourth-order valence-corrected chi connectivity index (χ4v) is 9.37. The van der Waals surface area contributed by atoms with Gasteiger partial charge in [-0.25, -0.2) is 4.79 Å². The zero-order valence-electron chi connectivity index (χ0n) is 25.7. The highest BCUT2D eigenvalue weighted by Gasteiger charge is 2.60. The Bertz CT molecular complexity index is 875. The quantitative estimate of drug-likeness (QED) is 0.104. The lowest BCUT2D eigenvalue weighted by Crippen LogP contribution is -2.57. The number of carboxylic acids is 1. The van der Waals surface area contributed by atoms with E-state index in [1.807, 2.05) is 0 Å². The van der Waals surface area contributed by atoms with Gasteiger partial charge in [0.05, 0.1) is 42.2 Å². The zero-order valence-corrected chi connectivity index (χ0v) is 25.7. The van der Waals surface area contributed by atoms with Crippen LogP contribution in [0, 0.1) is 17.3 Å². The van der Waals surface area contributed by atoms with Gasteiger partial charge in [0.25, 0.3) is 0 Å². The molecule has 0 spiro atoms. The third kappa shape index (κ3) is 6.44. The standard InChI is InChI=1S/C34H56O6/c1-4-32(14-18-39-32)12-8-6-10-16-37-29(26(3)30(35)36)31-21-27-20-28(22-31)24-34(23-27,25-31)38-17-11-7-9-13-33(5-2)15-19-40-33/h27-28H,4-25H2,1-3H3,(H,35,36). The minimum absolute atomic E-state index is 0.101. The summed E-state index contributed by atoms with van der Waals surface area (Å²) in [6, 6.07) is 0. The van der Waals surface area contributed by atoms with Crippen LogP contribution < -0.4 is 0 Å². The van der Waals surface area contributed by atoms with Crippen molar-refractivity contribution in [3.63, 3.8) is 0 Å². The summed E-state index contributed by atoms with van der Waals surface area (Å²) in [6.45, 7) is 9.49. The van der Waals surface area contributed by atoms with E-state index < -0.39 is 5.97 Å². The Kier molecular flexibility index (Phi) is 9.58. The van der Waals surface area contributed by atoms with Crippen molar-refractivity contribution >= 4 is 5.97 Å². The molecule has 4 unspecified atom stereocenters. The van der Waals surface area contributed by atoms with E-state index in [2.05, 4.69) is 13.8 Å². The SMILES string of the molecule is CCC1(CCCCCOC(=C(C)C(=O)O)C23CC4CC(CC(OCCCCCC5(CC)CCO5)(C4)C2)C3)CCO1. The predicted octanol–water partition coefficient (Wildman–Crippen LogP) is 7.98. The van der Waals surface area contributed by atoms with Crippen molar-refractivity contribution in [2.24, 2.45) is 17.3 Å². The van der Waals surface area contributed by atoms with E-state index in [9.17, 15) is 9.90 Å². The van der Waals surface area contributed by atoms with Gasteiger partial charge in [-0.15, -0.1) is 0 Å². The van der Waals surface area contributed by atoms with Crippen molar-refractivity contribution < 1.29 is 28.8 Å². The van der Waals surface area contributed by atoms with E-state index in [1.54, 1.807) is 6.92 Å². The molecule has 6 aliphatic rings. The lowest BCUT2D eigenvalue weighted by atomic mass is 9.47. The van der Waals surface area contributed by atoms with Gasteiger partial charge in [0, 0.05) is 12.0 Å². The van der Waals surface area contributed by atoms with Crippen molar-refractivity contribution in [3.8, 4) is 0 Å². The zero-order chi connectivity index (χ0) is 28.3. The number of ether oxygens (including phenoxy) is 4. The molecule has 40 heavy (non-hydrogen) atoms. The van der Waals surface area contributed by atoms with E-state index in [0.717, 1.165) is 103 Å². The Morgan fingerprint density at radius 2 is 1.38 bits per heavy atom. The van der Waals surface area contributed by atoms with E-state index in [-0.39, 0.29) is 22.2 Å². The number of aliphatic carboxylic acids is 1. The first-order valence-corrected chi connectivity index (χ1v) is 16.8. The van der Waals surface area contributed by atoms with Gasteiger partial charge in [-0.3, -0.25) is 0 Å². The van der Waals surface area contributed by atoms with E-state index >= 15 is 0 Å². The van der Waals surface area contributed by atoms with Crippen LogP contribution in [0.5, 0.6) is 0 Å². The van der Waals surface area contributed by atoms with E-state index in [0.29, 0.717) is 24.0 Å². The van der Waals surface area contributed by atoms with Crippen molar-refractivity contribution in [2.45, 2.75) is 153 Å². The Morgan fingerprint density at radius 1 is 0.825 bits per heavy atom. The van der Waals surface area contributed by atoms with Crippen LogP contribution in [0.15, 0.2) is 11.3 Å². The summed E-state index contributed by atoms with van der Waals surface area (Å²) in [4.78, 5) is 12.2. The van der Waals surface area contributed by atoms with Gasteiger partial charge in [-0.2, -0.15) is 0 Å². The average molecular weight is 561 g/mol. The van der Waals surface area contributed by atoms with Gasteiger partial charge >= 0.3 is 5.97 Å². The summed E-state index contributed by atoms with van der Waals surface area (Å²) < 4.78 is 25.1. The Morgan fingerprint density at radius 3 is 1.85 bits per heavy atom.